The van der Waals surface area contributed by atoms with Gasteiger partial charge in [-0.2, -0.15) is 0 Å². The summed E-state index contributed by atoms with van der Waals surface area (Å²) in [5, 5.41) is 2.97. The second-order valence-electron chi connectivity index (χ2n) is 6.81. The molecule has 4 heteroatoms. The SMILES string of the molecule is CC(C)NC(=O)C1([Se]c2ccccc2)CC(C)(C)CC1=O. The number of Topliss-reactive ketones (excluding diaryl/α,β-unsaturated/α-hetero) is 1. The minimum atomic E-state index is -0.845. The summed E-state index contributed by atoms with van der Waals surface area (Å²) >= 11 is -0.182. The van der Waals surface area contributed by atoms with Crippen molar-refractivity contribution in [3.8, 4) is 0 Å². The van der Waals surface area contributed by atoms with Crippen LogP contribution in [0.3, 0.4) is 0 Å². The number of hydrogen-bond donors (Lipinski definition) is 1. The van der Waals surface area contributed by atoms with Gasteiger partial charge in [0, 0.05) is 0 Å². The van der Waals surface area contributed by atoms with Gasteiger partial charge in [0.05, 0.1) is 0 Å². The maximum atomic E-state index is 12.8. The van der Waals surface area contributed by atoms with Gasteiger partial charge in [-0.05, 0) is 0 Å². The van der Waals surface area contributed by atoms with Crippen molar-refractivity contribution in [1.82, 2.24) is 5.32 Å². The number of nitrogens with one attached hydrogen (secondary N) is 1. The van der Waals surface area contributed by atoms with E-state index in [1.165, 1.54) is 0 Å². The van der Waals surface area contributed by atoms with Gasteiger partial charge >= 0.3 is 133 Å². The van der Waals surface area contributed by atoms with Crippen LogP contribution < -0.4 is 9.78 Å². The van der Waals surface area contributed by atoms with Gasteiger partial charge in [-0.1, -0.05) is 0 Å². The van der Waals surface area contributed by atoms with E-state index in [0.717, 1.165) is 4.46 Å². The van der Waals surface area contributed by atoms with E-state index in [1.807, 2.05) is 44.2 Å². The predicted molar refractivity (Wildman–Crippen MR) is 85.8 cm³/mol. The molecule has 21 heavy (non-hydrogen) atoms. The molecular weight excluding hydrogens is 329 g/mol. The summed E-state index contributed by atoms with van der Waals surface area (Å²) in [4.78, 5) is 25.5. The summed E-state index contributed by atoms with van der Waals surface area (Å²) < 4.78 is 0.261. The number of carbonyl (C=O) groups excluding carboxylic acids is 2. The third kappa shape index (κ3) is 3.56. The topological polar surface area (TPSA) is 46.2 Å². The zero-order valence-corrected chi connectivity index (χ0v) is 14.8. The Morgan fingerprint density at radius 1 is 1.24 bits per heavy atom. The van der Waals surface area contributed by atoms with E-state index in [1.54, 1.807) is 0 Å². The summed E-state index contributed by atoms with van der Waals surface area (Å²) in [5.74, 6) is 0.0198. The van der Waals surface area contributed by atoms with Crippen molar-refractivity contribution < 1.29 is 9.59 Å². The van der Waals surface area contributed by atoms with Crippen LogP contribution in [0.15, 0.2) is 30.3 Å². The van der Waals surface area contributed by atoms with Gasteiger partial charge in [-0.15, -0.1) is 0 Å². The first-order valence-corrected chi connectivity index (χ1v) is 9.05. The molecule has 0 saturated heterocycles. The van der Waals surface area contributed by atoms with Crippen LogP contribution in [0.4, 0.5) is 0 Å². The maximum absolute atomic E-state index is 12.8. The summed E-state index contributed by atoms with van der Waals surface area (Å²) in [6, 6.07) is 9.98. The number of benzene rings is 1. The Hall–Kier alpha value is -1.12. The molecule has 1 aliphatic rings. The average Bonchev–Trinajstić information content (AvgIpc) is 2.60. The first-order valence-electron chi connectivity index (χ1n) is 7.33. The predicted octanol–water partition coefficient (Wildman–Crippen LogP) is 2.09. The molecule has 1 amide bonds. The van der Waals surface area contributed by atoms with Crippen molar-refractivity contribution in [3.05, 3.63) is 30.3 Å². The van der Waals surface area contributed by atoms with Crippen LogP contribution in [-0.4, -0.2) is 32.7 Å². The molecule has 0 heterocycles. The van der Waals surface area contributed by atoms with E-state index in [0.29, 0.717) is 12.8 Å². The van der Waals surface area contributed by atoms with Gasteiger partial charge in [0.2, 0.25) is 0 Å². The Labute approximate surface area is 133 Å². The Kier molecular flexibility index (Phi) is 4.60. The number of rotatable bonds is 4. The number of ketones is 1. The molecule has 1 fully saturated rings. The zero-order chi connectivity index (χ0) is 15.7. The summed E-state index contributed by atoms with van der Waals surface area (Å²) in [6.07, 6.45) is 1.14. The van der Waals surface area contributed by atoms with Crippen molar-refractivity contribution in [1.29, 1.82) is 0 Å². The fraction of sp³-hybridized carbons (Fsp3) is 0.529. The molecule has 1 aliphatic carbocycles. The fourth-order valence-electron chi connectivity index (χ4n) is 2.83. The van der Waals surface area contributed by atoms with Crippen molar-refractivity contribution in [2.45, 2.75) is 50.9 Å². The number of carbonyl (C=O) groups is 2. The standard InChI is InChI=1S/C17H23NO2Se/c1-12(2)18-15(20)17(11-16(3,4)10-14(17)19)21-13-8-6-5-7-9-13/h5-9,12H,10-11H2,1-4H3,(H,18,20). The Balaban J connectivity index is 2.35. The number of amides is 1. The van der Waals surface area contributed by atoms with Crippen LogP contribution in [0.25, 0.3) is 0 Å². The fourth-order valence-corrected chi connectivity index (χ4v) is 5.97. The van der Waals surface area contributed by atoms with Gasteiger partial charge in [0.1, 0.15) is 0 Å². The molecule has 0 aliphatic heterocycles. The van der Waals surface area contributed by atoms with E-state index < -0.39 is 4.31 Å². The molecule has 1 aromatic rings. The van der Waals surface area contributed by atoms with Crippen molar-refractivity contribution in [3.63, 3.8) is 0 Å². The molecule has 2 rings (SSSR count). The molecular formula is C17H23NO2Se. The molecule has 0 spiro atoms. The second-order valence-corrected chi connectivity index (χ2v) is 9.69. The second kappa shape index (κ2) is 5.94. The summed E-state index contributed by atoms with van der Waals surface area (Å²) in [5.41, 5.74) is -0.0953. The molecule has 3 nitrogen and oxygen atoms in total. The Morgan fingerprint density at radius 2 is 1.86 bits per heavy atom. The van der Waals surface area contributed by atoms with Crippen LogP contribution in [0, 0.1) is 5.41 Å². The average molecular weight is 352 g/mol. The van der Waals surface area contributed by atoms with Crippen LogP contribution >= 0.6 is 0 Å². The number of hydrogen-bond acceptors (Lipinski definition) is 2. The minimum absolute atomic E-state index is 0.0532. The van der Waals surface area contributed by atoms with Crippen molar-refractivity contribution >= 4 is 31.1 Å². The zero-order valence-electron chi connectivity index (χ0n) is 13.1. The van der Waals surface area contributed by atoms with E-state index in [-0.39, 0.29) is 38.1 Å². The van der Waals surface area contributed by atoms with Gasteiger partial charge in [-0.3, -0.25) is 0 Å². The Bertz CT molecular complexity index is 539. The third-order valence-corrected chi connectivity index (χ3v) is 6.60. The van der Waals surface area contributed by atoms with E-state index in [4.69, 9.17) is 0 Å². The quantitative estimate of drug-likeness (QED) is 0.666. The molecule has 0 radical (unpaired) electrons. The molecule has 1 unspecified atom stereocenters. The molecule has 1 atom stereocenters. The molecule has 1 N–H and O–H groups in total. The summed E-state index contributed by atoms with van der Waals surface area (Å²) in [6.45, 7) is 8.03. The molecule has 0 bridgehead atoms. The van der Waals surface area contributed by atoms with E-state index in [9.17, 15) is 9.59 Å². The van der Waals surface area contributed by atoms with Crippen LogP contribution in [0.5, 0.6) is 0 Å². The Morgan fingerprint density at radius 3 is 2.33 bits per heavy atom. The first-order chi connectivity index (χ1) is 9.75. The monoisotopic (exact) mass is 353 g/mol. The molecule has 1 saturated carbocycles. The van der Waals surface area contributed by atoms with Gasteiger partial charge in [-0.25, -0.2) is 0 Å². The van der Waals surface area contributed by atoms with Crippen LogP contribution in [0.2, 0.25) is 4.31 Å². The molecule has 0 aromatic heterocycles. The third-order valence-electron chi connectivity index (χ3n) is 3.64. The van der Waals surface area contributed by atoms with Crippen LogP contribution in [0.1, 0.15) is 40.5 Å². The van der Waals surface area contributed by atoms with Crippen molar-refractivity contribution in [2.75, 3.05) is 0 Å². The first kappa shape index (κ1) is 16.3. The van der Waals surface area contributed by atoms with Crippen LogP contribution in [-0.2, 0) is 9.59 Å². The molecule has 1 aromatic carbocycles. The summed E-state index contributed by atoms with van der Waals surface area (Å²) in [7, 11) is 0. The van der Waals surface area contributed by atoms with Crippen molar-refractivity contribution in [2.24, 2.45) is 5.41 Å². The van der Waals surface area contributed by atoms with Gasteiger partial charge < -0.3 is 0 Å². The molecule has 114 valence electrons. The van der Waals surface area contributed by atoms with Gasteiger partial charge in [0.25, 0.3) is 0 Å². The normalized spacial score (nSPS) is 24.3. The van der Waals surface area contributed by atoms with E-state index in [2.05, 4.69) is 19.2 Å². The van der Waals surface area contributed by atoms with E-state index >= 15 is 0 Å². The van der Waals surface area contributed by atoms with Gasteiger partial charge in [0.15, 0.2) is 0 Å².